The van der Waals surface area contributed by atoms with Crippen LogP contribution in [0.15, 0.2) is 24.3 Å². The SMILES string of the molecule is CCCCCCCCCCC/C=C/CCCCCCCCCC(=O)OCC(COCCC(C(=O)O)[N+](C)(C)C)OC(=O)CCCCCCCCC/C=C/CCCCCCCCCCCC. The van der Waals surface area contributed by atoms with E-state index in [0.29, 0.717) is 19.3 Å². The molecule has 0 fully saturated rings. The first-order chi connectivity index (χ1) is 31.6. The van der Waals surface area contributed by atoms with Gasteiger partial charge in [-0.25, -0.2) is 4.79 Å². The topological polar surface area (TPSA) is 99.1 Å². The number of aliphatic carboxylic acids is 1. The summed E-state index contributed by atoms with van der Waals surface area (Å²) in [6.45, 7) is 4.78. The molecule has 0 aliphatic heterocycles. The number of hydrogen-bond acceptors (Lipinski definition) is 6. The Morgan fingerprint density at radius 1 is 0.446 bits per heavy atom. The average Bonchev–Trinajstić information content (AvgIpc) is 3.27. The van der Waals surface area contributed by atoms with Gasteiger partial charge in [-0.1, -0.05) is 212 Å². The van der Waals surface area contributed by atoms with Crippen molar-refractivity contribution in [3.8, 4) is 0 Å². The molecule has 382 valence electrons. The number of carboxylic acid groups (broad SMARTS) is 1. The highest BCUT2D eigenvalue weighted by Gasteiger charge is 2.31. The van der Waals surface area contributed by atoms with E-state index in [-0.39, 0.29) is 36.2 Å². The molecule has 0 amide bonds. The highest BCUT2D eigenvalue weighted by molar-refractivity contribution is 5.72. The van der Waals surface area contributed by atoms with Crippen LogP contribution in [0, 0.1) is 0 Å². The number of rotatable bonds is 51. The Morgan fingerprint density at radius 2 is 0.769 bits per heavy atom. The molecular weight excluding hydrogens is 811 g/mol. The number of quaternary nitrogens is 1. The zero-order valence-electron chi connectivity index (χ0n) is 43.7. The minimum atomic E-state index is -0.873. The zero-order chi connectivity index (χ0) is 47.7. The van der Waals surface area contributed by atoms with Crippen LogP contribution in [0.1, 0.15) is 271 Å². The second kappa shape index (κ2) is 48.3. The third-order valence-electron chi connectivity index (χ3n) is 12.8. The molecule has 0 saturated carbocycles. The van der Waals surface area contributed by atoms with Crippen LogP contribution in [0.3, 0.4) is 0 Å². The van der Waals surface area contributed by atoms with E-state index < -0.39 is 18.1 Å². The van der Waals surface area contributed by atoms with E-state index >= 15 is 0 Å². The molecule has 0 rings (SSSR count). The second-order valence-corrected chi connectivity index (χ2v) is 20.2. The van der Waals surface area contributed by atoms with Crippen molar-refractivity contribution < 1.29 is 38.2 Å². The molecule has 0 radical (unpaired) electrons. The van der Waals surface area contributed by atoms with E-state index in [4.69, 9.17) is 14.2 Å². The minimum Gasteiger partial charge on any atom is -0.477 e. The molecule has 0 aromatic heterocycles. The number of nitrogens with zero attached hydrogens (tertiary/aromatic N) is 1. The van der Waals surface area contributed by atoms with Crippen molar-refractivity contribution in [3.05, 3.63) is 24.3 Å². The predicted octanol–water partition coefficient (Wildman–Crippen LogP) is 16.4. The summed E-state index contributed by atoms with van der Waals surface area (Å²) in [6.07, 6.45) is 56.6. The lowest BCUT2D eigenvalue weighted by Crippen LogP contribution is -2.50. The van der Waals surface area contributed by atoms with E-state index in [0.717, 1.165) is 38.5 Å². The fourth-order valence-corrected chi connectivity index (χ4v) is 8.50. The number of carbonyl (C=O) groups excluding carboxylic acids is 2. The molecule has 1 N–H and O–H groups in total. The van der Waals surface area contributed by atoms with Gasteiger partial charge in [0.05, 0.1) is 34.4 Å². The maximum atomic E-state index is 12.8. The molecule has 0 saturated heterocycles. The van der Waals surface area contributed by atoms with Gasteiger partial charge >= 0.3 is 17.9 Å². The summed E-state index contributed by atoms with van der Waals surface area (Å²) in [7, 11) is 5.55. The number of ether oxygens (including phenoxy) is 3. The zero-order valence-corrected chi connectivity index (χ0v) is 43.7. The maximum Gasteiger partial charge on any atom is 0.362 e. The van der Waals surface area contributed by atoms with Crippen molar-refractivity contribution >= 4 is 17.9 Å². The molecule has 0 aromatic rings. The van der Waals surface area contributed by atoms with Gasteiger partial charge in [-0.15, -0.1) is 0 Å². The van der Waals surface area contributed by atoms with Gasteiger partial charge in [0.15, 0.2) is 12.1 Å². The largest absolute Gasteiger partial charge is 0.477 e. The highest BCUT2D eigenvalue weighted by atomic mass is 16.6. The number of allylic oxidation sites excluding steroid dienone is 4. The smallest absolute Gasteiger partial charge is 0.362 e. The maximum absolute atomic E-state index is 12.8. The van der Waals surface area contributed by atoms with Gasteiger partial charge in [-0.3, -0.25) is 9.59 Å². The Kier molecular flexibility index (Phi) is 46.6. The number of carboxylic acids is 1. The van der Waals surface area contributed by atoms with Gasteiger partial charge in [-0.05, 0) is 64.2 Å². The lowest BCUT2D eigenvalue weighted by atomic mass is 10.1. The summed E-state index contributed by atoms with van der Waals surface area (Å²) < 4.78 is 17.4. The summed E-state index contributed by atoms with van der Waals surface area (Å²) in [5, 5.41) is 9.67. The van der Waals surface area contributed by atoms with Crippen LogP contribution < -0.4 is 0 Å². The van der Waals surface area contributed by atoms with Crippen molar-refractivity contribution in [2.24, 2.45) is 0 Å². The van der Waals surface area contributed by atoms with E-state index in [9.17, 15) is 19.5 Å². The molecule has 0 aromatic carbocycles. The monoisotopic (exact) mass is 919 g/mol. The van der Waals surface area contributed by atoms with Gasteiger partial charge in [0, 0.05) is 19.3 Å². The van der Waals surface area contributed by atoms with Crippen molar-refractivity contribution in [2.45, 2.75) is 283 Å². The summed E-state index contributed by atoms with van der Waals surface area (Å²) >= 11 is 0. The van der Waals surface area contributed by atoms with Gasteiger partial charge in [-0.2, -0.15) is 0 Å². The van der Waals surface area contributed by atoms with Gasteiger partial charge in [0.1, 0.15) is 6.61 Å². The van der Waals surface area contributed by atoms with Crippen LogP contribution in [0.2, 0.25) is 0 Å². The molecule has 0 aliphatic carbocycles. The van der Waals surface area contributed by atoms with Crippen LogP contribution in [0.4, 0.5) is 0 Å². The number of hydrogen-bond donors (Lipinski definition) is 1. The predicted molar refractivity (Wildman–Crippen MR) is 275 cm³/mol. The highest BCUT2D eigenvalue weighted by Crippen LogP contribution is 2.16. The summed E-state index contributed by atoms with van der Waals surface area (Å²) in [5.41, 5.74) is 0. The number of likely N-dealkylation sites (N-methyl/N-ethyl adjacent to an activating group) is 1. The first-order valence-corrected chi connectivity index (χ1v) is 27.9. The second-order valence-electron chi connectivity index (χ2n) is 20.2. The van der Waals surface area contributed by atoms with E-state index in [1.165, 1.54) is 199 Å². The number of esters is 2. The molecule has 8 heteroatoms. The Balaban J connectivity index is 4.19. The van der Waals surface area contributed by atoms with Gasteiger partial charge in [0.25, 0.3) is 0 Å². The molecule has 2 unspecified atom stereocenters. The first kappa shape index (κ1) is 62.8. The van der Waals surface area contributed by atoms with Crippen LogP contribution >= 0.6 is 0 Å². The van der Waals surface area contributed by atoms with Crippen molar-refractivity contribution in [3.63, 3.8) is 0 Å². The molecule has 0 spiro atoms. The molecule has 0 bridgehead atoms. The molecule has 65 heavy (non-hydrogen) atoms. The standard InChI is InChI=1S/C57H107NO7/c1-6-8-10-12-14-16-18-20-22-24-26-28-30-32-34-36-38-40-42-44-46-48-56(60)65-53(51-63-50-49-54(57(61)62)58(3,4)5)52-64-55(59)47-45-43-41-39-37-35-33-31-29-27-25-23-21-19-17-15-13-11-9-7-2/h27-30,53-54H,6-26,31-52H2,1-5H3/p+1/b29-27+,30-28+. The van der Waals surface area contributed by atoms with Gasteiger partial charge < -0.3 is 23.8 Å². The molecule has 0 aliphatic rings. The van der Waals surface area contributed by atoms with Gasteiger partial charge in [0.2, 0.25) is 0 Å². The summed E-state index contributed by atoms with van der Waals surface area (Å²) in [5.74, 6) is -1.46. The van der Waals surface area contributed by atoms with E-state index in [2.05, 4.69) is 38.2 Å². The third kappa shape index (κ3) is 46.7. The van der Waals surface area contributed by atoms with E-state index in [1.807, 2.05) is 21.1 Å². The number of carbonyl (C=O) groups is 3. The third-order valence-corrected chi connectivity index (χ3v) is 12.8. The Bertz CT molecular complexity index is 1120. The Hall–Kier alpha value is -2.19. The summed E-state index contributed by atoms with van der Waals surface area (Å²) in [4.78, 5) is 37.2. The quantitative estimate of drug-likeness (QED) is 0.0281. The normalized spacial score (nSPS) is 12.9. The van der Waals surface area contributed by atoms with E-state index in [1.54, 1.807) is 0 Å². The van der Waals surface area contributed by atoms with Crippen LogP contribution in [-0.4, -0.2) is 80.6 Å². The van der Waals surface area contributed by atoms with Crippen molar-refractivity contribution in [1.29, 1.82) is 0 Å². The average molecular weight is 919 g/mol. The molecule has 0 heterocycles. The van der Waals surface area contributed by atoms with Crippen LogP contribution in [0.25, 0.3) is 0 Å². The molecule has 8 nitrogen and oxygen atoms in total. The lowest BCUT2D eigenvalue weighted by molar-refractivity contribution is -0.887. The fourth-order valence-electron chi connectivity index (χ4n) is 8.50. The molecular formula is C57H108NO7+. The minimum absolute atomic E-state index is 0.0512. The van der Waals surface area contributed by atoms with Crippen LogP contribution in [0.5, 0.6) is 0 Å². The lowest BCUT2D eigenvalue weighted by Gasteiger charge is -2.31. The molecule has 2 atom stereocenters. The Morgan fingerprint density at radius 3 is 1.11 bits per heavy atom. The van der Waals surface area contributed by atoms with Crippen LogP contribution in [-0.2, 0) is 28.6 Å². The first-order valence-electron chi connectivity index (χ1n) is 27.9. The number of unbranched alkanes of at least 4 members (excludes halogenated alkanes) is 33. The van der Waals surface area contributed by atoms with Crippen molar-refractivity contribution in [1.82, 2.24) is 0 Å². The van der Waals surface area contributed by atoms with Crippen molar-refractivity contribution in [2.75, 3.05) is 41.0 Å². The summed E-state index contributed by atoms with van der Waals surface area (Å²) in [6, 6.07) is -0.615. The Labute approximate surface area is 402 Å². The fraction of sp³-hybridized carbons (Fsp3) is 0.877.